The number of aromatic nitrogens is 1. The van der Waals surface area contributed by atoms with Gasteiger partial charge in [0.2, 0.25) is 5.91 Å². The Bertz CT molecular complexity index is 1080. The third-order valence-electron chi connectivity index (χ3n) is 7.29. The minimum absolute atomic E-state index is 0.188. The van der Waals surface area contributed by atoms with Crippen LogP contribution >= 0.6 is 22.6 Å². The molecule has 3 aromatic rings. The number of anilines is 2. The molecule has 2 fully saturated rings. The zero-order chi connectivity index (χ0) is 22.6. The predicted octanol–water partition coefficient (Wildman–Crippen LogP) is 5.51. The van der Waals surface area contributed by atoms with Crippen LogP contribution in [-0.4, -0.2) is 55.1 Å². The molecule has 6 heteroatoms. The van der Waals surface area contributed by atoms with Gasteiger partial charge in [-0.15, -0.1) is 0 Å². The Hall–Kier alpha value is -2.06. The molecule has 1 aliphatic carbocycles. The molecule has 1 saturated heterocycles. The molecule has 1 N–H and O–H groups in total. The van der Waals surface area contributed by atoms with Crippen molar-refractivity contribution < 1.29 is 4.79 Å². The van der Waals surface area contributed by atoms with Crippen molar-refractivity contribution in [1.82, 2.24) is 9.88 Å². The fraction of sp³-hybridized carbons (Fsp3) is 0.444. The maximum atomic E-state index is 13.6. The molecular weight excluding hydrogens is 523 g/mol. The second-order valence-corrected chi connectivity index (χ2v) is 10.5. The minimum Gasteiger partial charge on any atom is -0.368 e. The van der Waals surface area contributed by atoms with Crippen LogP contribution in [0.25, 0.3) is 10.9 Å². The number of halogens is 1. The van der Waals surface area contributed by atoms with E-state index < -0.39 is 0 Å². The number of carbonyl (C=O) groups excluding carboxylic acids is 1. The Labute approximate surface area is 210 Å². The first-order chi connectivity index (χ1) is 16.2. The van der Waals surface area contributed by atoms with Crippen LogP contribution in [0.15, 0.2) is 54.7 Å². The summed E-state index contributed by atoms with van der Waals surface area (Å²) in [5.74, 6) is 0.519. The van der Waals surface area contributed by atoms with Gasteiger partial charge in [-0.25, -0.2) is 0 Å². The van der Waals surface area contributed by atoms with Crippen molar-refractivity contribution in [3.05, 3.63) is 58.3 Å². The zero-order valence-corrected chi connectivity index (χ0v) is 21.3. The quantitative estimate of drug-likeness (QED) is 0.408. The summed E-state index contributed by atoms with van der Waals surface area (Å²) in [6.45, 7) is 5.78. The average molecular weight is 556 g/mol. The summed E-state index contributed by atoms with van der Waals surface area (Å²) in [5.41, 5.74) is 3.59. The van der Waals surface area contributed by atoms with Crippen LogP contribution < -0.4 is 9.80 Å². The number of piperazine rings is 1. The van der Waals surface area contributed by atoms with Gasteiger partial charge in [0, 0.05) is 71.5 Å². The van der Waals surface area contributed by atoms with Crippen LogP contribution in [0, 0.1) is 9.49 Å². The van der Waals surface area contributed by atoms with Gasteiger partial charge in [0.15, 0.2) is 0 Å². The Kier molecular flexibility index (Phi) is 7.21. The van der Waals surface area contributed by atoms with Crippen LogP contribution in [0.1, 0.15) is 32.1 Å². The van der Waals surface area contributed by atoms with Crippen molar-refractivity contribution in [2.45, 2.75) is 32.1 Å². The summed E-state index contributed by atoms with van der Waals surface area (Å²) in [5, 5.41) is 1.30. The Morgan fingerprint density at radius 2 is 1.76 bits per heavy atom. The number of H-pyrrole nitrogens is 1. The molecule has 33 heavy (non-hydrogen) atoms. The van der Waals surface area contributed by atoms with Gasteiger partial charge in [0.25, 0.3) is 0 Å². The van der Waals surface area contributed by atoms with E-state index in [9.17, 15) is 4.79 Å². The van der Waals surface area contributed by atoms with E-state index in [1.165, 1.54) is 35.9 Å². The van der Waals surface area contributed by atoms with E-state index in [2.05, 4.69) is 90.8 Å². The van der Waals surface area contributed by atoms with Crippen LogP contribution in [0.2, 0.25) is 0 Å². The van der Waals surface area contributed by atoms with Crippen molar-refractivity contribution >= 4 is 50.8 Å². The monoisotopic (exact) mass is 556 g/mol. The highest BCUT2D eigenvalue weighted by atomic mass is 127. The second-order valence-electron chi connectivity index (χ2n) is 9.32. The lowest BCUT2D eigenvalue weighted by atomic mass is 9.88. The standard InChI is InChI=1S/C27H33IN4O/c28-23-9-4-5-11-26(23)32(27(33)21-7-2-1-3-8-21)20-17-30-15-18-31(19-16-30)25-12-6-10-24-22(25)13-14-29-24/h4-6,9-14,21,29H,1-3,7-8,15-20H2. The first kappa shape index (κ1) is 22.7. The number of amides is 1. The molecule has 0 radical (unpaired) electrons. The molecule has 174 valence electrons. The van der Waals surface area contributed by atoms with Gasteiger partial charge in [-0.05, 0) is 65.8 Å². The van der Waals surface area contributed by atoms with E-state index in [4.69, 9.17) is 0 Å². The number of para-hydroxylation sites is 1. The molecular formula is C27H33IN4O. The van der Waals surface area contributed by atoms with E-state index in [-0.39, 0.29) is 5.92 Å². The lowest BCUT2D eigenvalue weighted by Gasteiger charge is -2.38. The van der Waals surface area contributed by atoms with Gasteiger partial charge in [-0.1, -0.05) is 37.5 Å². The number of aromatic amines is 1. The van der Waals surface area contributed by atoms with E-state index in [0.717, 1.165) is 61.4 Å². The molecule has 0 spiro atoms. The van der Waals surface area contributed by atoms with Crippen molar-refractivity contribution in [3.8, 4) is 0 Å². The van der Waals surface area contributed by atoms with E-state index in [1.54, 1.807) is 0 Å². The third kappa shape index (κ3) is 5.06. The highest BCUT2D eigenvalue weighted by molar-refractivity contribution is 14.1. The molecule has 1 aromatic heterocycles. The fourth-order valence-electron chi connectivity index (χ4n) is 5.39. The molecule has 2 heterocycles. The lowest BCUT2D eigenvalue weighted by Crippen LogP contribution is -2.49. The molecule has 1 aliphatic heterocycles. The molecule has 2 aromatic carbocycles. The summed E-state index contributed by atoms with van der Waals surface area (Å²) in [4.78, 5) is 24.0. The molecule has 0 unspecified atom stereocenters. The lowest BCUT2D eigenvalue weighted by molar-refractivity contribution is -0.123. The van der Waals surface area contributed by atoms with Gasteiger partial charge >= 0.3 is 0 Å². The van der Waals surface area contributed by atoms with Crippen LogP contribution in [0.4, 0.5) is 11.4 Å². The number of benzene rings is 2. The summed E-state index contributed by atoms with van der Waals surface area (Å²) >= 11 is 2.37. The smallest absolute Gasteiger partial charge is 0.230 e. The summed E-state index contributed by atoms with van der Waals surface area (Å²) < 4.78 is 1.16. The average Bonchev–Trinajstić information content (AvgIpc) is 3.35. The van der Waals surface area contributed by atoms with E-state index in [0.29, 0.717) is 5.91 Å². The van der Waals surface area contributed by atoms with E-state index in [1.807, 2.05) is 6.20 Å². The Morgan fingerprint density at radius 3 is 2.55 bits per heavy atom. The first-order valence-corrected chi connectivity index (χ1v) is 13.4. The van der Waals surface area contributed by atoms with Gasteiger partial charge in [-0.3, -0.25) is 9.69 Å². The predicted molar refractivity (Wildman–Crippen MR) is 145 cm³/mol. The maximum Gasteiger partial charge on any atom is 0.230 e. The van der Waals surface area contributed by atoms with Crippen molar-refractivity contribution in [3.63, 3.8) is 0 Å². The number of fused-ring (bicyclic) bond motifs is 1. The van der Waals surface area contributed by atoms with Crippen molar-refractivity contribution in [2.24, 2.45) is 5.92 Å². The minimum atomic E-state index is 0.188. The first-order valence-electron chi connectivity index (χ1n) is 12.3. The topological polar surface area (TPSA) is 42.6 Å². The highest BCUT2D eigenvalue weighted by Crippen LogP contribution is 2.30. The normalized spacial score (nSPS) is 18.0. The summed E-state index contributed by atoms with van der Waals surface area (Å²) in [7, 11) is 0. The molecule has 2 aliphatic rings. The second kappa shape index (κ2) is 10.5. The molecule has 5 nitrogen and oxygen atoms in total. The zero-order valence-electron chi connectivity index (χ0n) is 19.2. The Morgan fingerprint density at radius 1 is 0.970 bits per heavy atom. The van der Waals surface area contributed by atoms with Gasteiger partial charge in [0.05, 0.1) is 5.69 Å². The van der Waals surface area contributed by atoms with Gasteiger partial charge < -0.3 is 14.8 Å². The number of hydrogen-bond acceptors (Lipinski definition) is 3. The number of carbonyl (C=O) groups is 1. The van der Waals surface area contributed by atoms with Gasteiger partial charge in [0.1, 0.15) is 0 Å². The van der Waals surface area contributed by atoms with Crippen LogP contribution in [0.3, 0.4) is 0 Å². The van der Waals surface area contributed by atoms with Crippen molar-refractivity contribution in [2.75, 3.05) is 49.1 Å². The number of nitrogens with zero attached hydrogens (tertiary/aromatic N) is 3. The molecule has 5 rings (SSSR count). The largest absolute Gasteiger partial charge is 0.368 e. The Balaban J connectivity index is 1.24. The number of nitrogens with one attached hydrogen (secondary N) is 1. The van der Waals surface area contributed by atoms with Crippen molar-refractivity contribution in [1.29, 1.82) is 0 Å². The number of rotatable bonds is 6. The molecule has 1 saturated carbocycles. The molecule has 1 amide bonds. The van der Waals surface area contributed by atoms with Crippen LogP contribution in [0.5, 0.6) is 0 Å². The number of hydrogen-bond donors (Lipinski definition) is 1. The summed E-state index contributed by atoms with van der Waals surface area (Å²) in [6.07, 6.45) is 7.75. The summed E-state index contributed by atoms with van der Waals surface area (Å²) in [6, 6.07) is 17.0. The molecule has 0 atom stereocenters. The SMILES string of the molecule is O=C(C1CCCCC1)N(CCN1CCN(c2cccc3[nH]ccc23)CC1)c1ccccc1I. The highest BCUT2D eigenvalue weighted by Gasteiger charge is 2.28. The fourth-order valence-corrected chi connectivity index (χ4v) is 6.07. The maximum absolute atomic E-state index is 13.6. The van der Waals surface area contributed by atoms with E-state index >= 15 is 0 Å². The van der Waals surface area contributed by atoms with Crippen LogP contribution in [-0.2, 0) is 4.79 Å². The van der Waals surface area contributed by atoms with Gasteiger partial charge in [-0.2, -0.15) is 0 Å². The third-order valence-corrected chi connectivity index (χ3v) is 8.20. The molecule has 0 bridgehead atoms.